The molecule has 206 valence electrons. The second kappa shape index (κ2) is 11.7. The topological polar surface area (TPSA) is 72.7 Å². The highest BCUT2D eigenvalue weighted by Crippen LogP contribution is 2.43. The van der Waals surface area contributed by atoms with E-state index in [-0.39, 0.29) is 5.88 Å². The Bertz CT molecular complexity index is 1930. The van der Waals surface area contributed by atoms with Crippen molar-refractivity contribution >= 4 is 34.6 Å². The number of rotatable bonds is 8. The van der Waals surface area contributed by atoms with E-state index < -0.39 is 0 Å². The number of aliphatic imine (C=N–C) groups is 1. The molecule has 0 spiro atoms. The van der Waals surface area contributed by atoms with Gasteiger partial charge in [-0.2, -0.15) is 5.26 Å². The van der Waals surface area contributed by atoms with Gasteiger partial charge in [-0.15, -0.1) is 0 Å². The molecule has 0 aliphatic carbocycles. The summed E-state index contributed by atoms with van der Waals surface area (Å²) in [7, 11) is 3.24. The van der Waals surface area contributed by atoms with Crippen molar-refractivity contribution in [1.82, 2.24) is 4.57 Å². The standard InChI is InChI=1S/C35H26ClN3O3/c1-40-28-15-9-24(10-16-28)33-31(19-37)35(42-34(33)25-11-17-29(41-2)18-12-25)38-20-26-22-39(32-6-4-3-5-30(26)32)21-23-7-13-27(36)14-8-23/h3-18,20,22H,21H2,1-2H3/b38-20+. The van der Waals surface area contributed by atoms with E-state index in [1.54, 1.807) is 20.4 Å². The van der Waals surface area contributed by atoms with Gasteiger partial charge in [-0.05, 0) is 65.7 Å². The summed E-state index contributed by atoms with van der Waals surface area (Å²) >= 11 is 6.09. The number of benzene rings is 4. The first kappa shape index (κ1) is 26.9. The lowest BCUT2D eigenvalue weighted by atomic mass is 9.98. The van der Waals surface area contributed by atoms with E-state index in [1.807, 2.05) is 84.9 Å². The van der Waals surface area contributed by atoms with Crippen LogP contribution in [0, 0.1) is 11.3 Å². The van der Waals surface area contributed by atoms with Gasteiger partial charge in [-0.1, -0.05) is 54.1 Å². The first-order valence-electron chi connectivity index (χ1n) is 13.3. The van der Waals surface area contributed by atoms with Gasteiger partial charge in [-0.25, -0.2) is 4.99 Å². The third kappa shape index (κ3) is 5.26. The summed E-state index contributed by atoms with van der Waals surface area (Å²) in [5.74, 6) is 2.24. The monoisotopic (exact) mass is 571 g/mol. The van der Waals surface area contributed by atoms with Gasteiger partial charge >= 0.3 is 0 Å². The lowest BCUT2D eigenvalue weighted by Crippen LogP contribution is -1.97. The minimum absolute atomic E-state index is 0.240. The first-order valence-corrected chi connectivity index (χ1v) is 13.7. The van der Waals surface area contributed by atoms with Crippen molar-refractivity contribution in [2.24, 2.45) is 4.99 Å². The fourth-order valence-corrected chi connectivity index (χ4v) is 5.14. The Hall–Kier alpha value is -5.25. The van der Waals surface area contributed by atoms with Gasteiger partial charge in [0.25, 0.3) is 0 Å². The van der Waals surface area contributed by atoms with E-state index >= 15 is 0 Å². The minimum atomic E-state index is 0.240. The van der Waals surface area contributed by atoms with Crippen LogP contribution in [-0.2, 0) is 6.54 Å². The third-order valence-corrected chi connectivity index (χ3v) is 7.39. The van der Waals surface area contributed by atoms with Crippen molar-refractivity contribution in [3.05, 3.63) is 125 Å². The van der Waals surface area contributed by atoms with Crippen molar-refractivity contribution in [1.29, 1.82) is 5.26 Å². The largest absolute Gasteiger partial charge is 0.497 e. The van der Waals surface area contributed by atoms with Crippen LogP contribution < -0.4 is 9.47 Å². The molecule has 0 saturated carbocycles. The van der Waals surface area contributed by atoms with Crippen LogP contribution in [0.15, 0.2) is 113 Å². The van der Waals surface area contributed by atoms with E-state index in [4.69, 9.17) is 30.5 Å². The number of nitriles is 1. The maximum Gasteiger partial charge on any atom is 0.238 e. The number of ether oxygens (including phenoxy) is 2. The SMILES string of the molecule is COc1ccc(-c2oc(/N=C/c3cn(Cc4ccc(Cl)cc4)c4ccccc34)c(C#N)c2-c2ccc(OC)cc2)cc1. The maximum atomic E-state index is 10.3. The first-order chi connectivity index (χ1) is 20.6. The van der Waals surface area contributed by atoms with Crippen LogP contribution >= 0.6 is 11.6 Å². The second-order valence-electron chi connectivity index (χ2n) is 9.67. The van der Waals surface area contributed by atoms with Crippen LogP contribution in [0.25, 0.3) is 33.4 Å². The molecule has 6 rings (SSSR count). The van der Waals surface area contributed by atoms with E-state index in [1.165, 1.54) is 0 Å². The number of nitrogens with zero attached hydrogens (tertiary/aromatic N) is 3. The van der Waals surface area contributed by atoms with Crippen LogP contribution in [0.2, 0.25) is 5.02 Å². The number of halogens is 1. The average Bonchev–Trinajstić information content (AvgIpc) is 3.59. The summed E-state index contributed by atoms with van der Waals surface area (Å²) in [5.41, 5.74) is 5.77. The normalized spacial score (nSPS) is 11.2. The number of fused-ring (bicyclic) bond motifs is 1. The van der Waals surface area contributed by atoms with Gasteiger partial charge in [0.15, 0.2) is 0 Å². The van der Waals surface area contributed by atoms with Crippen molar-refractivity contribution in [3.63, 3.8) is 0 Å². The Morgan fingerprint density at radius 3 is 2.14 bits per heavy atom. The van der Waals surface area contributed by atoms with Gasteiger partial charge in [-0.3, -0.25) is 0 Å². The number of aromatic nitrogens is 1. The predicted molar refractivity (Wildman–Crippen MR) is 167 cm³/mol. The molecule has 0 bridgehead atoms. The van der Waals surface area contributed by atoms with Gasteiger partial charge < -0.3 is 18.5 Å². The smallest absolute Gasteiger partial charge is 0.238 e. The zero-order chi connectivity index (χ0) is 29.1. The molecule has 0 aliphatic rings. The van der Waals surface area contributed by atoms with Crippen molar-refractivity contribution in [3.8, 4) is 40.0 Å². The van der Waals surface area contributed by atoms with Crippen LogP contribution in [0.5, 0.6) is 11.5 Å². The molecule has 4 aromatic carbocycles. The molecule has 0 fully saturated rings. The van der Waals surface area contributed by atoms with Crippen LogP contribution in [-0.4, -0.2) is 25.0 Å². The van der Waals surface area contributed by atoms with Crippen molar-refractivity contribution in [2.75, 3.05) is 14.2 Å². The predicted octanol–water partition coefficient (Wildman–Crippen LogP) is 8.91. The second-order valence-corrected chi connectivity index (χ2v) is 10.1. The molecule has 0 unspecified atom stereocenters. The van der Waals surface area contributed by atoms with E-state index in [0.29, 0.717) is 28.5 Å². The lowest BCUT2D eigenvalue weighted by molar-refractivity contribution is 0.414. The van der Waals surface area contributed by atoms with Crippen LogP contribution in [0.4, 0.5) is 5.88 Å². The van der Waals surface area contributed by atoms with Crippen LogP contribution in [0.3, 0.4) is 0 Å². The highest BCUT2D eigenvalue weighted by atomic mass is 35.5. The number of hydrogen-bond acceptors (Lipinski definition) is 5. The third-order valence-electron chi connectivity index (χ3n) is 7.14. The van der Waals surface area contributed by atoms with Crippen LogP contribution in [0.1, 0.15) is 16.7 Å². The summed E-state index contributed by atoms with van der Waals surface area (Å²) in [6, 6.07) is 33.4. The number of methoxy groups -OCH3 is 2. The zero-order valence-corrected chi connectivity index (χ0v) is 23.8. The number of furan rings is 1. The molecule has 6 aromatic rings. The van der Waals surface area contributed by atoms with E-state index in [0.717, 1.165) is 44.7 Å². The van der Waals surface area contributed by atoms with E-state index in [2.05, 4.69) is 29.0 Å². The summed E-state index contributed by atoms with van der Waals surface area (Å²) in [6.07, 6.45) is 3.82. The Morgan fingerprint density at radius 2 is 1.50 bits per heavy atom. The fraction of sp³-hybridized carbons (Fsp3) is 0.0857. The van der Waals surface area contributed by atoms with Gasteiger partial charge in [0.2, 0.25) is 5.88 Å². The molecule has 0 saturated heterocycles. The molecular weight excluding hydrogens is 546 g/mol. The Balaban J connectivity index is 1.44. The molecule has 2 aromatic heterocycles. The molecule has 0 aliphatic heterocycles. The highest BCUT2D eigenvalue weighted by molar-refractivity contribution is 6.30. The molecule has 0 amide bonds. The van der Waals surface area contributed by atoms with E-state index in [9.17, 15) is 5.26 Å². The van der Waals surface area contributed by atoms with Crippen molar-refractivity contribution < 1.29 is 13.9 Å². The molecule has 2 heterocycles. The molecule has 7 heteroatoms. The van der Waals surface area contributed by atoms with Gasteiger partial charge in [0.05, 0.1) is 14.2 Å². The molecule has 42 heavy (non-hydrogen) atoms. The summed E-state index contributed by atoms with van der Waals surface area (Å²) in [5, 5.41) is 12.1. The maximum absolute atomic E-state index is 10.3. The Morgan fingerprint density at radius 1 is 0.857 bits per heavy atom. The summed E-state index contributed by atoms with van der Waals surface area (Å²) in [4.78, 5) is 4.73. The van der Waals surface area contributed by atoms with Gasteiger partial charge in [0, 0.05) is 51.6 Å². The molecular formula is C35H26ClN3O3. The fourth-order valence-electron chi connectivity index (χ4n) is 5.02. The average molecular weight is 572 g/mol. The van der Waals surface area contributed by atoms with Crippen molar-refractivity contribution in [2.45, 2.75) is 6.54 Å². The number of hydrogen-bond donors (Lipinski definition) is 0. The minimum Gasteiger partial charge on any atom is -0.497 e. The number of para-hydroxylation sites is 1. The Labute approximate surface area is 248 Å². The Kier molecular flexibility index (Phi) is 7.50. The summed E-state index contributed by atoms with van der Waals surface area (Å²) < 4.78 is 19.2. The quantitative estimate of drug-likeness (QED) is 0.171. The molecule has 0 N–H and O–H groups in total. The highest BCUT2D eigenvalue weighted by Gasteiger charge is 2.23. The summed E-state index contributed by atoms with van der Waals surface area (Å²) in [6.45, 7) is 0.680. The molecule has 6 nitrogen and oxygen atoms in total. The molecule has 0 radical (unpaired) electrons. The van der Waals surface area contributed by atoms with Gasteiger partial charge in [0.1, 0.15) is 28.9 Å². The zero-order valence-electron chi connectivity index (χ0n) is 23.0. The lowest BCUT2D eigenvalue weighted by Gasteiger charge is -2.06. The molecule has 0 atom stereocenters.